The van der Waals surface area contributed by atoms with Crippen molar-refractivity contribution in [2.75, 3.05) is 19.9 Å². The molecule has 0 saturated carbocycles. The van der Waals surface area contributed by atoms with Crippen molar-refractivity contribution in [2.24, 2.45) is 0 Å². The van der Waals surface area contributed by atoms with E-state index in [0.717, 1.165) is 5.56 Å². The Labute approximate surface area is 150 Å². The van der Waals surface area contributed by atoms with E-state index in [1.165, 1.54) is 12.1 Å². The fourth-order valence-corrected chi connectivity index (χ4v) is 2.17. The molecule has 2 aromatic carbocycles. The first kappa shape index (κ1) is 17.4. The van der Waals surface area contributed by atoms with Gasteiger partial charge in [0.05, 0.1) is 6.54 Å². The number of benzene rings is 2. The lowest BCUT2D eigenvalue weighted by atomic mass is 10.2. The molecule has 0 fully saturated rings. The summed E-state index contributed by atoms with van der Waals surface area (Å²) in [6, 6.07) is 10.9. The van der Waals surface area contributed by atoms with Crippen molar-refractivity contribution in [2.45, 2.75) is 6.54 Å². The maximum atomic E-state index is 12.8. The molecule has 1 aliphatic heterocycles. The molecule has 0 unspecified atom stereocenters. The van der Waals surface area contributed by atoms with Crippen molar-refractivity contribution in [1.29, 1.82) is 0 Å². The molecule has 2 aromatic rings. The number of nitrogens with one attached hydrogen (secondary N) is 2. The Morgan fingerprint density at radius 1 is 1.08 bits per heavy atom. The van der Waals surface area contributed by atoms with Crippen LogP contribution in [-0.4, -0.2) is 26.0 Å². The van der Waals surface area contributed by atoms with Crippen LogP contribution >= 0.6 is 0 Å². The van der Waals surface area contributed by atoms with Crippen molar-refractivity contribution >= 4 is 6.03 Å². The third-order valence-corrected chi connectivity index (χ3v) is 3.48. The molecule has 0 spiro atoms. The van der Waals surface area contributed by atoms with E-state index in [1.54, 1.807) is 30.3 Å². The van der Waals surface area contributed by atoms with E-state index in [2.05, 4.69) is 22.5 Å². The summed E-state index contributed by atoms with van der Waals surface area (Å²) in [7, 11) is 0. The summed E-state index contributed by atoms with van der Waals surface area (Å²) < 4.78 is 28.7. The zero-order valence-corrected chi connectivity index (χ0v) is 13.9. The number of ether oxygens (including phenoxy) is 3. The Balaban J connectivity index is 1.32. The molecule has 6 nitrogen and oxygen atoms in total. The third-order valence-electron chi connectivity index (χ3n) is 3.48. The lowest BCUT2D eigenvalue weighted by Crippen LogP contribution is -2.35. The summed E-state index contributed by atoms with van der Waals surface area (Å²) in [6.07, 6.45) is 0. The van der Waals surface area contributed by atoms with Gasteiger partial charge in [-0.3, -0.25) is 0 Å². The molecule has 7 heteroatoms. The van der Waals surface area contributed by atoms with Crippen LogP contribution in [0.25, 0.3) is 0 Å². The molecule has 0 aromatic heterocycles. The number of halogens is 1. The zero-order chi connectivity index (χ0) is 18.2. The Morgan fingerprint density at radius 3 is 2.73 bits per heavy atom. The smallest absolute Gasteiger partial charge is 0.315 e. The SMILES string of the molecule is O=C(NCC#CCOc1ccc2c(c1)OCO2)NCc1ccc(F)cc1. The molecule has 26 heavy (non-hydrogen) atoms. The van der Waals surface area contributed by atoms with Gasteiger partial charge in [-0.25, -0.2) is 9.18 Å². The first-order valence-electron chi connectivity index (χ1n) is 7.95. The molecule has 0 aliphatic carbocycles. The van der Waals surface area contributed by atoms with Crippen molar-refractivity contribution in [3.8, 4) is 29.1 Å². The minimum absolute atomic E-state index is 0.193. The predicted molar refractivity (Wildman–Crippen MR) is 92.5 cm³/mol. The van der Waals surface area contributed by atoms with E-state index in [9.17, 15) is 9.18 Å². The van der Waals surface area contributed by atoms with Crippen molar-refractivity contribution in [3.05, 3.63) is 53.8 Å². The number of urea groups is 1. The number of rotatable bonds is 5. The molecule has 2 N–H and O–H groups in total. The second kappa shape index (κ2) is 8.62. The van der Waals surface area contributed by atoms with Crippen molar-refractivity contribution in [3.63, 3.8) is 0 Å². The predicted octanol–water partition coefficient (Wildman–Crippen LogP) is 2.44. The number of hydrogen-bond acceptors (Lipinski definition) is 4. The molecule has 134 valence electrons. The Hall–Kier alpha value is -3.40. The molecular weight excluding hydrogens is 339 g/mol. The van der Waals surface area contributed by atoms with Gasteiger partial charge in [0.1, 0.15) is 18.2 Å². The highest BCUT2D eigenvalue weighted by molar-refractivity contribution is 5.74. The van der Waals surface area contributed by atoms with Gasteiger partial charge in [-0.1, -0.05) is 24.0 Å². The molecule has 1 heterocycles. The van der Waals surface area contributed by atoms with Gasteiger partial charge in [0.15, 0.2) is 11.5 Å². The lowest BCUT2D eigenvalue weighted by molar-refractivity contribution is 0.174. The Bertz CT molecular complexity index is 828. The fourth-order valence-electron chi connectivity index (χ4n) is 2.17. The van der Waals surface area contributed by atoms with Crippen LogP contribution in [0.1, 0.15) is 5.56 Å². The standard InChI is InChI=1S/C19H17FN2O4/c20-15-5-3-14(4-6-15)12-22-19(23)21-9-1-2-10-24-16-7-8-17-18(11-16)26-13-25-17/h3-8,11H,9-10,12-13H2,(H2,21,22,23). The molecule has 0 radical (unpaired) electrons. The van der Waals surface area contributed by atoms with Crippen molar-refractivity contribution < 1.29 is 23.4 Å². The second-order valence-corrected chi connectivity index (χ2v) is 5.32. The minimum atomic E-state index is -0.347. The number of hydrogen-bond donors (Lipinski definition) is 2. The third kappa shape index (κ3) is 5.05. The van der Waals surface area contributed by atoms with Gasteiger partial charge in [0.25, 0.3) is 0 Å². The summed E-state index contributed by atoms with van der Waals surface area (Å²) in [4.78, 5) is 11.6. The molecule has 2 amide bonds. The number of carbonyl (C=O) groups excluding carboxylic acids is 1. The highest BCUT2D eigenvalue weighted by Crippen LogP contribution is 2.34. The first-order valence-corrected chi connectivity index (χ1v) is 7.95. The van der Waals surface area contributed by atoms with Crippen LogP contribution in [0.15, 0.2) is 42.5 Å². The van der Waals surface area contributed by atoms with Crippen molar-refractivity contribution in [1.82, 2.24) is 10.6 Å². The van der Waals surface area contributed by atoms with Crippen LogP contribution in [-0.2, 0) is 6.54 Å². The highest BCUT2D eigenvalue weighted by Gasteiger charge is 2.13. The monoisotopic (exact) mass is 356 g/mol. The van der Waals surface area contributed by atoms with Gasteiger partial charge in [-0.05, 0) is 29.8 Å². The fraction of sp³-hybridized carbons (Fsp3) is 0.211. The van der Waals surface area contributed by atoms with E-state index in [0.29, 0.717) is 23.8 Å². The highest BCUT2D eigenvalue weighted by atomic mass is 19.1. The molecule has 1 aliphatic rings. The second-order valence-electron chi connectivity index (χ2n) is 5.32. The van der Waals surface area contributed by atoms with E-state index >= 15 is 0 Å². The van der Waals surface area contributed by atoms with Gasteiger partial charge in [0, 0.05) is 12.6 Å². The first-order chi connectivity index (χ1) is 12.7. The summed E-state index contributed by atoms with van der Waals surface area (Å²) in [6.45, 7) is 0.915. The molecular formula is C19H17FN2O4. The maximum absolute atomic E-state index is 12.8. The Kier molecular flexibility index (Phi) is 5.78. The zero-order valence-electron chi connectivity index (χ0n) is 13.9. The van der Waals surface area contributed by atoms with Gasteiger partial charge in [-0.2, -0.15) is 0 Å². The average Bonchev–Trinajstić information content (AvgIpc) is 3.12. The molecule has 0 atom stereocenters. The summed E-state index contributed by atoms with van der Waals surface area (Å²) >= 11 is 0. The normalized spacial score (nSPS) is 11.3. The van der Waals surface area contributed by atoms with Crippen LogP contribution in [0.2, 0.25) is 0 Å². The van der Waals surface area contributed by atoms with Gasteiger partial charge in [0.2, 0.25) is 6.79 Å². The molecule has 3 rings (SSSR count). The van der Waals surface area contributed by atoms with Crippen LogP contribution in [0, 0.1) is 17.7 Å². The molecule has 0 saturated heterocycles. The van der Waals surface area contributed by atoms with E-state index in [1.807, 2.05) is 0 Å². The quantitative estimate of drug-likeness (QED) is 0.808. The van der Waals surface area contributed by atoms with Gasteiger partial charge >= 0.3 is 6.03 Å². The minimum Gasteiger partial charge on any atom is -0.481 e. The van der Waals surface area contributed by atoms with Crippen LogP contribution in [0.3, 0.4) is 0 Å². The summed E-state index contributed by atoms with van der Waals surface area (Å²) in [5.41, 5.74) is 0.810. The van der Waals surface area contributed by atoms with E-state index in [4.69, 9.17) is 14.2 Å². The average molecular weight is 356 g/mol. The van der Waals surface area contributed by atoms with Crippen LogP contribution in [0.4, 0.5) is 9.18 Å². The number of carbonyl (C=O) groups is 1. The number of fused-ring (bicyclic) bond motifs is 1. The van der Waals surface area contributed by atoms with Crippen LogP contribution < -0.4 is 24.8 Å². The topological polar surface area (TPSA) is 68.8 Å². The molecule has 0 bridgehead atoms. The van der Waals surface area contributed by atoms with E-state index in [-0.39, 0.29) is 31.8 Å². The maximum Gasteiger partial charge on any atom is 0.315 e. The van der Waals surface area contributed by atoms with Crippen LogP contribution in [0.5, 0.6) is 17.2 Å². The lowest BCUT2D eigenvalue weighted by Gasteiger charge is -2.05. The summed E-state index contributed by atoms with van der Waals surface area (Å²) in [5.74, 6) is 7.27. The van der Waals surface area contributed by atoms with Gasteiger partial charge in [-0.15, -0.1) is 0 Å². The van der Waals surface area contributed by atoms with E-state index < -0.39 is 0 Å². The largest absolute Gasteiger partial charge is 0.481 e. The number of amides is 2. The van der Waals surface area contributed by atoms with Gasteiger partial charge < -0.3 is 24.8 Å². The Morgan fingerprint density at radius 2 is 1.88 bits per heavy atom. The summed E-state index contributed by atoms with van der Waals surface area (Å²) in [5, 5.41) is 5.27.